The molecule has 0 unspecified atom stereocenters. The third kappa shape index (κ3) is 3.81. The van der Waals surface area contributed by atoms with Gasteiger partial charge in [0.25, 0.3) is 0 Å². The van der Waals surface area contributed by atoms with Gasteiger partial charge in [0.05, 0.1) is 12.1 Å². The SMILES string of the molecule is CC(C)(C)c1csc(NC(=O)Cc2ccc(N)cc2)n1. The molecule has 0 spiro atoms. The summed E-state index contributed by atoms with van der Waals surface area (Å²) in [7, 11) is 0. The summed E-state index contributed by atoms with van der Waals surface area (Å²) in [6.07, 6.45) is 0.324. The van der Waals surface area contributed by atoms with Gasteiger partial charge in [-0.3, -0.25) is 4.79 Å². The Hall–Kier alpha value is -1.88. The van der Waals surface area contributed by atoms with E-state index in [0.717, 1.165) is 11.3 Å². The molecule has 0 bridgehead atoms. The van der Waals surface area contributed by atoms with Crippen molar-refractivity contribution in [2.75, 3.05) is 11.1 Å². The lowest BCUT2D eigenvalue weighted by molar-refractivity contribution is -0.115. The van der Waals surface area contributed by atoms with E-state index in [-0.39, 0.29) is 11.3 Å². The van der Waals surface area contributed by atoms with Crippen LogP contribution < -0.4 is 11.1 Å². The highest BCUT2D eigenvalue weighted by Crippen LogP contribution is 2.26. The van der Waals surface area contributed by atoms with Crippen LogP contribution in [0, 0.1) is 0 Å². The van der Waals surface area contributed by atoms with E-state index >= 15 is 0 Å². The summed E-state index contributed by atoms with van der Waals surface area (Å²) in [5.41, 5.74) is 8.24. The zero-order chi connectivity index (χ0) is 14.8. The summed E-state index contributed by atoms with van der Waals surface area (Å²) in [5, 5.41) is 5.47. The maximum Gasteiger partial charge on any atom is 0.230 e. The highest BCUT2D eigenvalue weighted by Gasteiger charge is 2.18. The van der Waals surface area contributed by atoms with Gasteiger partial charge in [-0.25, -0.2) is 4.98 Å². The van der Waals surface area contributed by atoms with Gasteiger partial charge in [-0.2, -0.15) is 0 Å². The normalized spacial score (nSPS) is 11.3. The van der Waals surface area contributed by atoms with E-state index in [4.69, 9.17) is 5.73 Å². The molecule has 0 saturated heterocycles. The van der Waals surface area contributed by atoms with Gasteiger partial charge in [-0.15, -0.1) is 11.3 Å². The van der Waals surface area contributed by atoms with Crippen LogP contribution in [-0.4, -0.2) is 10.9 Å². The molecule has 1 aromatic carbocycles. The molecular weight excluding hydrogens is 270 g/mol. The monoisotopic (exact) mass is 289 g/mol. The molecule has 1 heterocycles. The van der Waals surface area contributed by atoms with Crippen LogP contribution in [0.3, 0.4) is 0 Å². The summed E-state index contributed by atoms with van der Waals surface area (Å²) in [4.78, 5) is 16.4. The molecule has 0 fully saturated rings. The Kier molecular flexibility index (Phi) is 4.09. The topological polar surface area (TPSA) is 68.0 Å². The van der Waals surface area contributed by atoms with Gasteiger partial charge in [-0.05, 0) is 17.7 Å². The minimum atomic E-state index is -0.0652. The second-order valence-electron chi connectivity index (χ2n) is 5.75. The molecule has 106 valence electrons. The van der Waals surface area contributed by atoms with Crippen LogP contribution in [0.15, 0.2) is 29.6 Å². The van der Waals surface area contributed by atoms with Crippen molar-refractivity contribution in [2.24, 2.45) is 0 Å². The fourth-order valence-electron chi connectivity index (χ4n) is 1.66. The average Bonchev–Trinajstić information content (AvgIpc) is 2.80. The summed E-state index contributed by atoms with van der Waals surface area (Å²) in [6, 6.07) is 7.31. The van der Waals surface area contributed by atoms with Gasteiger partial charge >= 0.3 is 0 Å². The maximum absolute atomic E-state index is 12.0. The molecule has 0 radical (unpaired) electrons. The van der Waals surface area contributed by atoms with Gasteiger partial charge in [0.15, 0.2) is 5.13 Å². The molecule has 2 rings (SSSR count). The lowest BCUT2D eigenvalue weighted by Gasteiger charge is -2.14. The van der Waals surface area contributed by atoms with E-state index in [9.17, 15) is 4.79 Å². The number of nitrogens with one attached hydrogen (secondary N) is 1. The number of anilines is 2. The second-order valence-corrected chi connectivity index (χ2v) is 6.61. The van der Waals surface area contributed by atoms with E-state index in [1.807, 2.05) is 17.5 Å². The van der Waals surface area contributed by atoms with E-state index in [1.165, 1.54) is 11.3 Å². The number of rotatable bonds is 3. The van der Waals surface area contributed by atoms with Crippen molar-refractivity contribution in [2.45, 2.75) is 32.6 Å². The van der Waals surface area contributed by atoms with Crippen molar-refractivity contribution in [3.8, 4) is 0 Å². The predicted octanol–water partition coefficient (Wildman–Crippen LogP) is 3.20. The number of hydrogen-bond acceptors (Lipinski definition) is 4. The molecule has 0 aliphatic heterocycles. The van der Waals surface area contributed by atoms with Crippen LogP contribution in [0.2, 0.25) is 0 Å². The molecule has 0 atom stereocenters. The summed E-state index contributed by atoms with van der Waals surface area (Å²) >= 11 is 1.45. The lowest BCUT2D eigenvalue weighted by Crippen LogP contribution is -2.15. The first-order chi connectivity index (χ1) is 9.34. The third-order valence-corrected chi connectivity index (χ3v) is 3.62. The summed E-state index contributed by atoms with van der Waals surface area (Å²) in [5.74, 6) is -0.0652. The van der Waals surface area contributed by atoms with Crippen LogP contribution in [-0.2, 0) is 16.6 Å². The lowest BCUT2D eigenvalue weighted by atomic mass is 9.93. The fraction of sp³-hybridized carbons (Fsp3) is 0.333. The summed E-state index contributed by atoms with van der Waals surface area (Å²) in [6.45, 7) is 6.30. The number of carbonyl (C=O) groups excluding carboxylic acids is 1. The molecule has 3 N–H and O–H groups in total. The number of benzene rings is 1. The quantitative estimate of drug-likeness (QED) is 0.853. The molecule has 20 heavy (non-hydrogen) atoms. The van der Waals surface area contributed by atoms with Crippen LogP contribution in [0.5, 0.6) is 0 Å². The van der Waals surface area contributed by atoms with Gasteiger partial charge in [0.1, 0.15) is 0 Å². The molecule has 0 saturated carbocycles. The Labute approximate surface area is 123 Å². The first-order valence-corrected chi connectivity index (χ1v) is 7.33. The van der Waals surface area contributed by atoms with Crippen molar-refractivity contribution in [3.05, 3.63) is 40.9 Å². The van der Waals surface area contributed by atoms with Crippen LogP contribution in [0.4, 0.5) is 10.8 Å². The standard InChI is InChI=1S/C15H19N3OS/c1-15(2,3)12-9-20-14(17-12)18-13(19)8-10-4-6-11(16)7-5-10/h4-7,9H,8,16H2,1-3H3,(H,17,18,19). The number of carbonyl (C=O) groups is 1. The minimum Gasteiger partial charge on any atom is -0.399 e. The molecule has 0 aliphatic carbocycles. The van der Waals surface area contributed by atoms with Gasteiger partial charge in [-0.1, -0.05) is 32.9 Å². The summed E-state index contributed by atoms with van der Waals surface area (Å²) < 4.78 is 0. The number of aromatic nitrogens is 1. The van der Waals surface area contributed by atoms with Crippen LogP contribution in [0.25, 0.3) is 0 Å². The molecule has 2 aromatic rings. The Morgan fingerprint density at radius 1 is 1.30 bits per heavy atom. The van der Waals surface area contributed by atoms with E-state index in [2.05, 4.69) is 31.1 Å². The number of amides is 1. The zero-order valence-electron chi connectivity index (χ0n) is 11.9. The smallest absolute Gasteiger partial charge is 0.230 e. The number of nitrogens with two attached hydrogens (primary N) is 1. The maximum atomic E-state index is 12.0. The molecule has 5 heteroatoms. The van der Waals surface area contributed by atoms with Gasteiger partial charge in [0, 0.05) is 16.5 Å². The number of nitrogens with zero attached hydrogens (tertiary/aromatic N) is 1. The number of hydrogen-bond donors (Lipinski definition) is 2. The zero-order valence-corrected chi connectivity index (χ0v) is 12.8. The molecule has 1 aromatic heterocycles. The number of nitrogen functional groups attached to an aromatic ring is 1. The molecule has 4 nitrogen and oxygen atoms in total. The van der Waals surface area contributed by atoms with Crippen molar-refractivity contribution < 1.29 is 4.79 Å². The van der Waals surface area contributed by atoms with Crippen molar-refractivity contribution in [3.63, 3.8) is 0 Å². The van der Waals surface area contributed by atoms with Crippen molar-refractivity contribution >= 4 is 28.1 Å². The van der Waals surface area contributed by atoms with E-state index in [0.29, 0.717) is 17.2 Å². The van der Waals surface area contributed by atoms with Crippen molar-refractivity contribution in [1.29, 1.82) is 0 Å². The third-order valence-electron chi connectivity index (χ3n) is 2.86. The highest BCUT2D eigenvalue weighted by atomic mass is 32.1. The largest absolute Gasteiger partial charge is 0.399 e. The van der Waals surface area contributed by atoms with Crippen LogP contribution >= 0.6 is 11.3 Å². The van der Waals surface area contributed by atoms with Crippen LogP contribution in [0.1, 0.15) is 32.0 Å². The average molecular weight is 289 g/mol. The molecular formula is C15H19N3OS. The van der Waals surface area contributed by atoms with Gasteiger partial charge in [0.2, 0.25) is 5.91 Å². The predicted molar refractivity (Wildman–Crippen MR) is 84.0 cm³/mol. The fourth-order valence-corrected chi connectivity index (χ4v) is 2.61. The first-order valence-electron chi connectivity index (χ1n) is 6.45. The van der Waals surface area contributed by atoms with Crippen molar-refractivity contribution in [1.82, 2.24) is 4.98 Å². The Morgan fingerprint density at radius 3 is 2.50 bits per heavy atom. The minimum absolute atomic E-state index is 0.00354. The molecule has 0 aliphatic rings. The second kappa shape index (κ2) is 5.63. The van der Waals surface area contributed by atoms with E-state index in [1.54, 1.807) is 12.1 Å². The number of thiazole rings is 1. The van der Waals surface area contributed by atoms with Gasteiger partial charge < -0.3 is 11.1 Å². The Morgan fingerprint density at radius 2 is 1.95 bits per heavy atom. The first kappa shape index (κ1) is 14.5. The Bertz CT molecular complexity index is 596. The van der Waals surface area contributed by atoms with E-state index < -0.39 is 0 Å². The Balaban J connectivity index is 1.98. The molecule has 1 amide bonds. The highest BCUT2D eigenvalue weighted by molar-refractivity contribution is 7.13.